The quantitative estimate of drug-likeness (QED) is 0.908. The minimum Gasteiger partial charge on any atom is -0.327 e. The third kappa shape index (κ3) is 4.25. The van der Waals surface area contributed by atoms with Gasteiger partial charge in [0.25, 0.3) is 0 Å². The first-order chi connectivity index (χ1) is 9.45. The van der Waals surface area contributed by atoms with Crippen molar-refractivity contribution < 1.29 is 4.39 Å². The highest BCUT2D eigenvalue weighted by molar-refractivity contribution is 9.10. The van der Waals surface area contributed by atoms with E-state index in [1.54, 1.807) is 0 Å². The van der Waals surface area contributed by atoms with Crippen LogP contribution in [0, 0.1) is 5.82 Å². The monoisotopic (exact) mass is 343 g/mol. The molecule has 1 saturated heterocycles. The second-order valence-electron chi connectivity index (χ2n) is 5.83. The molecule has 1 aliphatic heterocycles. The number of nitrogens with zero attached hydrogens (tertiary/aromatic N) is 2. The van der Waals surface area contributed by atoms with E-state index in [2.05, 4.69) is 39.8 Å². The minimum atomic E-state index is -0.177. The fraction of sp³-hybridized carbons (Fsp3) is 0.600. The van der Waals surface area contributed by atoms with Crippen LogP contribution < -0.4 is 5.73 Å². The second-order valence-corrected chi connectivity index (χ2v) is 6.75. The maximum atomic E-state index is 13.8. The SMILES string of the molecule is CN1CCN(C)C(CC(N)Cc2ccc(Br)cc2F)C1. The topological polar surface area (TPSA) is 32.5 Å². The van der Waals surface area contributed by atoms with Crippen molar-refractivity contribution in [2.24, 2.45) is 5.73 Å². The van der Waals surface area contributed by atoms with Crippen LogP contribution in [0.5, 0.6) is 0 Å². The summed E-state index contributed by atoms with van der Waals surface area (Å²) in [5, 5.41) is 0. The molecule has 3 nitrogen and oxygen atoms in total. The molecule has 112 valence electrons. The Morgan fingerprint density at radius 3 is 2.85 bits per heavy atom. The molecule has 1 fully saturated rings. The highest BCUT2D eigenvalue weighted by atomic mass is 79.9. The summed E-state index contributed by atoms with van der Waals surface area (Å²) in [6.07, 6.45) is 1.49. The van der Waals surface area contributed by atoms with Crippen LogP contribution in [0.25, 0.3) is 0 Å². The molecule has 2 N–H and O–H groups in total. The largest absolute Gasteiger partial charge is 0.327 e. The second kappa shape index (κ2) is 6.98. The molecule has 2 atom stereocenters. The predicted octanol–water partition coefficient (Wildman–Crippen LogP) is 2.09. The molecule has 0 radical (unpaired) electrons. The van der Waals surface area contributed by atoms with Gasteiger partial charge in [-0.25, -0.2) is 4.39 Å². The first-order valence-electron chi connectivity index (χ1n) is 7.04. The molecule has 2 rings (SSSR count). The van der Waals surface area contributed by atoms with Crippen molar-refractivity contribution in [3.05, 3.63) is 34.1 Å². The van der Waals surface area contributed by atoms with Crippen LogP contribution in [-0.2, 0) is 6.42 Å². The lowest BCUT2D eigenvalue weighted by molar-refractivity contribution is 0.104. The van der Waals surface area contributed by atoms with Crippen molar-refractivity contribution in [2.75, 3.05) is 33.7 Å². The van der Waals surface area contributed by atoms with Gasteiger partial charge in [0.05, 0.1) is 0 Å². The Kier molecular flexibility index (Phi) is 5.55. The van der Waals surface area contributed by atoms with Crippen LogP contribution in [0.15, 0.2) is 22.7 Å². The maximum Gasteiger partial charge on any atom is 0.127 e. The third-order valence-corrected chi connectivity index (χ3v) is 4.55. The van der Waals surface area contributed by atoms with Crippen LogP contribution in [0.3, 0.4) is 0 Å². The van der Waals surface area contributed by atoms with Crippen LogP contribution in [0.1, 0.15) is 12.0 Å². The summed E-state index contributed by atoms with van der Waals surface area (Å²) in [6, 6.07) is 5.64. The molecule has 1 aliphatic rings. The van der Waals surface area contributed by atoms with Crippen molar-refractivity contribution in [1.82, 2.24) is 9.80 Å². The van der Waals surface area contributed by atoms with Gasteiger partial charge >= 0.3 is 0 Å². The van der Waals surface area contributed by atoms with E-state index < -0.39 is 0 Å². The van der Waals surface area contributed by atoms with Gasteiger partial charge in [0, 0.05) is 36.2 Å². The standard InChI is InChI=1S/C15H23BrFN3/c1-19-5-6-20(2)14(10-19)9-13(18)7-11-3-4-12(16)8-15(11)17/h3-4,8,13-14H,5-7,9-10,18H2,1-2H3. The number of nitrogens with two attached hydrogens (primary N) is 1. The number of benzene rings is 1. The van der Waals surface area contributed by atoms with E-state index >= 15 is 0 Å². The fourth-order valence-electron chi connectivity index (χ4n) is 2.76. The van der Waals surface area contributed by atoms with Crippen LogP contribution in [0.4, 0.5) is 4.39 Å². The smallest absolute Gasteiger partial charge is 0.127 e. The first-order valence-corrected chi connectivity index (χ1v) is 7.83. The molecule has 1 aromatic carbocycles. The van der Waals surface area contributed by atoms with E-state index in [0.29, 0.717) is 18.0 Å². The van der Waals surface area contributed by atoms with Crippen molar-refractivity contribution >= 4 is 15.9 Å². The van der Waals surface area contributed by atoms with Crippen LogP contribution >= 0.6 is 15.9 Å². The number of hydrogen-bond donors (Lipinski definition) is 1. The molecule has 1 heterocycles. The Bertz CT molecular complexity index is 455. The summed E-state index contributed by atoms with van der Waals surface area (Å²) >= 11 is 3.27. The molecule has 2 unspecified atom stereocenters. The molecule has 5 heteroatoms. The molecule has 0 spiro atoms. The highest BCUT2D eigenvalue weighted by Crippen LogP contribution is 2.18. The van der Waals surface area contributed by atoms with Gasteiger partial charge in [-0.1, -0.05) is 22.0 Å². The van der Waals surface area contributed by atoms with E-state index in [1.165, 1.54) is 6.07 Å². The average Bonchev–Trinajstić information content (AvgIpc) is 2.37. The minimum absolute atomic E-state index is 0.00961. The van der Waals surface area contributed by atoms with Gasteiger partial charge in [-0.2, -0.15) is 0 Å². The molecule has 0 aliphatic carbocycles. The number of likely N-dealkylation sites (N-methyl/N-ethyl adjacent to an activating group) is 2. The highest BCUT2D eigenvalue weighted by Gasteiger charge is 2.24. The van der Waals surface area contributed by atoms with Gasteiger partial charge in [0.15, 0.2) is 0 Å². The van der Waals surface area contributed by atoms with Crippen molar-refractivity contribution in [3.8, 4) is 0 Å². The Morgan fingerprint density at radius 1 is 1.40 bits per heavy atom. The molecule has 0 saturated carbocycles. The summed E-state index contributed by atoms with van der Waals surface area (Å²) in [7, 11) is 4.28. The summed E-state index contributed by atoms with van der Waals surface area (Å²) < 4.78 is 14.6. The predicted molar refractivity (Wildman–Crippen MR) is 84.3 cm³/mol. The lowest BCUT2D eigenvalue weighted by Gasteiger charge is -2.38. The van der Waals surface area contributed by atoms with Crippen LogP contribution in [-0.4, -0.2) is 55.6 Å². The Hall–Kier alpha value is -0.490. The average molecular weight is 344 g/mol. The summed E-state index contributed by atoms with van der Waals surface area (Å²) in [5.74, 6) is -0.177. The molecule has 0 aromatic heterocycles. The van der Waals surface area contributed by atoms with Gasteiger partial charge in [-0.15, -0.1) is 0 Å². The van der Waals surface area contributed by atoms with Crippen molar-refractivity contribution in [2.45, 2.75) is 24.9 Å². The molecule has 1 aromatic rings. The van der Waals surface area contributed by atoms with Crippen LogP contribution in [0.2, 0.25) is 0 Å². The lowest BCUT2D eigenvalue weighted by Crippen LogP contribution is -2.51. The van der Waals surface area contributed by atoms with E-state index in [9.17, 15) is 4.39 Å². The van der Waals surface area contributed by atoms with Gasteiger partial charge in [-0.3, -0.25) is 0 Å². The zero-order valence-corrected chi connectivity index (χ0v) is 13.7. The molecule has 0 bridgehead atoms. The Labute approximate surface area is 129 Å². The van der Waals surface area contributed by atoms with E-state index in [1.807, 2.05) is 12.1 Å². The van der Waals surface area contributed by atoms with E-state index in [0.717, 1.165) is 30.5 Å². The van der Waals surface area contributed by atoms with Gasteiger partial charge in [0.1, 0.15) is 5.82 Å². The lowest BCUT2D eigenvalue weighted by atomic mass is 9.98. The Balaban J connectivity index is 1.93. The normalized spacial score (nSPS) is 22.9. The summed E-state index contributed by atoms with van der Waals surface area (Å²) in [6.45, 7) is 3.21. The molecule has 0 amide bonds. The summed E-state index contributed by atoms with van der Waals surface area (Å²) in [5.41, 5.74) is 6.93. The van der Waals surface area contributed by atoms with E-state index in [4.69, 9.17) is 5.73 Å². The maximum absolute atomic E-state index is 13.8. The number of hydrogen-bond acceptors (Lipinski definition) is 3. The Morgan fingerprint density at radius 2 is 2.15 bits per heavy atom. The fourth-order valence-corrected chi connectivity index (χ4v) is 3.09. The third-order valence-electron chi connectivity index (χ3n) is 4.05. The van der Waals surface area contributed by atoms with Gasteiger partial charge in [-0.05, 0) is 44.6 Å². The molecular formula is C15H23BrFN3. The van der Waals surface area contributed by atoms with Gasteiger partial charge < -0.3 is 15.5 Å². The summed E-state index contributed by atoms with van der Waals surface area (Å²) in [4.78, 5) is 4.69. The number of piperazine rings is 1. The number of rotatable bonds is 4. The number of halogens is 2. The van der Waals surface area contributed by atoms with Crippen molar-refractivity contribution in [1.29, 1.82) is 0 Å². The molecule has 20 heavy (non-hydrogen) atoms. The zero-order valence-electron chi connectivity index (χ0n) is 12.1. The van der Waals surface area contributed by atoms with Gasteiger partial charge in [0.2, 0.25) is 0 Å². The first kappa shape index (κ1) is 15.9. The molecular weight excluding hydrogens is 321 g/mol. The van der Waals surface area contributed by atoms with Crippen molar-refractivity contribution in [3.63, 3.8) is 0 Å². The van der Waals surface area contributed by atoms with E-state index in [-0.39, 0.29) is 11.9 Å². The zero-order chi connectivity index (χ0) is 14.7.